The van der Waals surface area contributed by atoms with Crippen LogP contribution in [0.1, 0.15) is 5.56 Å². The Morgan fingerprint density at radius 1 is 0.933 bits per heavy atom. The van der Waals surface area contributed by atoms with Crippen LogP contribution in [-0.4, -0.2) is 0 Å². The van der Waals surface area contributed by atoms with E-state index in [0.717, 1.165) is 5.75 Å². The van der Waals surface area contributed by atoms with E-state index in [4.69, 9.17) is 4.74 Å². The van der Waals surface area contributed by atoms with E-state index in [-0.39, 0.29) is 18.9 Å². The van der Waals surface area contributed by atoms with Crippen molar-refractivity contribution in [3.8, 4) is 5.75 Å². The van der Waals surface area contributed by atoms with E-state index >= 15 is 0 Å². The van der Waals surface area contributed by atoms with E-state index in [1.165, 1.54) is 5.56 Å². The largest absolute Gasteiger partial charge is 1.00 e. The minimum absolute atomic E-state index is 0. The average Bonchev–Trinajstić information content (AvgIpc) is 2.29. The molecule has 0 amide bonds. The standard InChI is InChI=1S/C13H11O.Li/c1-3-7-12(8-4-1)11-14-13-9-5-2-6-10-13;/h1,3-10H,11H2;/q-1;+1. The molecule has 0 atom stereocenters. The second kappa shape index (κ2) is 6.35. The fourth-order valence-electron chi connectivity index (χ4n) is 1.21. The molecule has 0 saturated carbocycles. The smallest absolute Gasteiger partial charge is 0.514 e. The first-order valence-corrected chi connectivity index (χ1v) is 4.58. The SMILES string of the molecule is [Li+].[c-]1ccc(OCc2ccccc2)cc1. The molecule has 0 N–H and O–H groups in total. The van der Waals surface area contributed by atoms with Crippen LogP contribution in [0.2, 0.25) is 0 Å². The van der Waals surface area contributed by atoms with Gasteiger partial charge in [-0.25, -0.2) is 0 Å². The van der Waals surface area contributed by atoms with Gasteiger partial charge in [0.25, 0.3) is 0 Å². The van der Waals surface area contributed by atoms with E-state index in [1.54, 1.807) is 0 Å². The summed E-state index contributed by atoms with van der Waals surface area (Å²) in [5.41, 5.74) is 1.18. The summed E-state index contributed by atoms with van der Waals surface area (Å²) < 4.78 is 5.57. The van der Waals surface area contributed by atoms with Crippen molar-refractivity contribution in [2.45, 2.75) is 6.61 Å². The Bertz CT molecular complexity index is 333. The van der Waals surface area contributed by atoms with Crippen molar-refractivity contribution in [2.24, 2.45) is 0 Å². The topological polar surface area (TPSA) is 9.23 Å². The van der Waals surface area contributed by atoms with E-state index in [1.807, 2.05) is 42.5 Å². The summed E-state index contributed by atoms with van der Waals surface area (Å²) in [4.78, 5) is 0. The molecule has 0 spiro atoms. The van der Waals surface area contributed by atoms with Crippen LogP contribution in [0, 0.1) is 6.07 Å². The molecule has 0 bridgehead atoms. The minimum atomic E-state index is 0. The summed E-state index contributed by atoms with van der Waals surface area (Å²) >= 11 is 0. The van der Waals surface area contributed by atoms with Gasteiger partial charge < -0.3 is 4.74 Å². The number of rotatable bonds is 3. The monoisotopic (exact) mass is 190 g/mol. The Morgan fingerprint density at radius 2 is 1.60 bits per heavy atom. The van der Waals surface area contributed by atoms with Gasteiger partial charge in [-0.15, -0.1) is 12.1 Å². The van der Waals surface area contributed by atoms with Gasteiger partial charge in [-0.3, -0.25) is 0 Å². The quantitative estimate of drug-likeness (QED) is 0.491. The Kier molecular flexibility index (Phi) is 5.04. The Balaban J connectivity index is 0.00000112. The van der Waals surface area contributed by atoms with E-state index in [9.17, 15) is 0 Å². The Morgan fingerprint density at radius 3 is 2.27 bits per heavy atom. The Labute approximate surface area is 102 Å². The molecule has 2 rings (SSSR count). The molecule has 0 fully saturated rings. The van der Waals surface area contributed by atoms with Gasteiger partial charge in [0.05, 0.1) is 0 Å². The predicted octanol–water partition coefficient (Wildman–Crippen LogP) is 0.0698. The fraction of sp³-hybridized carbons (Fsp3) is 0.0769. The zero-order valence-electron chi connectivity index (χ0n) is 8.81. The summed E-state index contributed by atoms with van der Waals surface area (Å²) in [5, 5.41) is 0. The van der Waals surface area contributed by atoms with Crippen LogP contribution in [-0.2, 0) is 6.61 Å². The van der Waals surface area contributed by atoms with Crippen molar-refractivity contribution in [2.75, 3.05) is 0 Å². The molecule has 0 radical (unpaired) electrons. The molecule has 0 heterocycles. The summed E-state index contributed by atoms with van der Waals surface area (Å²) in [6, 6.07) is 20.6. The van der Waals surface area contributed by atoms with Crippen molar-refractivity contribution >= 4 is 0 Å². The minimum Gasteiger partial charge on any atom is -0.514 e. The van der Waals surface area contributed by atoms with E-state index < -0.39 is 0 Å². The molecule has 2 aromatic rings. The third kappa shape index (κ3) is 3.83. The van der Waals surface area contributed by atoms with Crippen molar-refractivity contribution in [1.29, 1.82) is 0 Å². The summed E-state index contributed by atoms with van der Waals surface area (Å²) in [7, 11) is 0. The number of ether oxygens (including phenoxy) is 1. The molecular weight excluding hydrogens is 179 g/mol. The van der Waals surface area contributed by atoms with Crippen LogP contribution < -0.4 is 23.6 Å². The first kappa shape index (κ1) is 11.9. The van der Waals surface area contributed by atoms with Gasteiger partial charge in [-0.1, -0.05) is 30.3 Å². The van der Waals surface area contributed by atoms with Crippen molar-refractivity contribution in [1.82, 2.24) is 0 Å². The maximum atomic E-state index is 5.57. The van der Waals surface area contributed by atoms with Gasteiger partial charge in [0, 0.05) is 5.75 Å². The zero-order chi connectivity index (χ0) is 9.64. The molecule has 1 nitrogen and oxygen atoms in total. The molecule has 0 aliphatic carbocycles. The van der Waals surface area contributed by atoms with Gasteiger partial charge in [-0.2, -0.15) is 18.2 Å². The summed E-state index contributed by atoms with van der Waals surface area (Å²) in [5.74, 6) is 0.882. The first-order valence-electron chi connectivity index (χ1n) is 4.58. The van der Waals surface area contributed by atoms with E-state index in [0.29, 0.717) is 6.61 Å². The molecule has 2 aromatic carbocycles. The van der Waals surface area contributed by atoms with Crippen LogP contribution >= 0.6 is 0 Å². The molecule has 0 aliphatic heterocycles. The van der Waals surface area contributed by atoms with Crippen LogP contribution in [0.3, 0.4) is 0 Å². The second-order valence-electron chi connectivity index (χ2n) is 3.01. The van der Waals surface area contributed by atoms with Crippen LogP contribution in [0.5, 0.6) is 5.75 Å². The zero-order valence-corrected chi connectivity index (χ0v) is 8.81. The maximum absolute atomic E-state index is 5.57. The predicted molar refractivity (Wildman–Crippen MR) is 56.1 cm³/mol. The van der Waals surface area contributed by atoms with Crippen molar-refractivity contribution in [3.63, 3.8) is 0 Å². The molecule has 0 saturated heterocycles. The molecule has 0 aromatic heterocycles. The Hall–Kier alpha value is -1.16. The normalized spacial score (nSPS) is 9.07. The molecule has 2 heteroatoms. The van der Waals surface area contributed by atoms with Crippen molar-refractivity contribution < 1.29 is 23.6 Å². The fourth-order valence-corrected chi connectivity index (χ4v) is 1.21. The third-order valence-electron chi connectivity index (χ3n) is 1.94. The third-order valence-corrected chi connectivity index (χ3v) is 1.94. The van der Waals surface area contributed by atoms with Gasteiger partial charge in [0.15, 0.2) is 0 Å². The van der Waals surface area contributed by atoms with Gasteiger partial charge >= 0.3 is 18.9 Å². The number of hydrogen-bond donors (Lipinski definition) is 0. The van der Waals surface area contributed by atoms with E-state index in [2.05, 4.69) is 18.2 Å². The van der Waals surface area contributed by atoms with Crippen LogP contribution in [0.15, 0.2) is 54.6 Å². The van der Waals surface area contributed by atoms with Crippen molar-refractivity contribution in [3.05, 3.63) is 66.2 Å². The van der Waals surface area contributed by atoms with Crippen LogP contribution in [0.4, 0.5) is 0 Å². The average molecular weight is 190 g/mol. The molecule has 0 unspecified atom stereocenters. The molecule has 15 heavy (non-hydrogen) atoms. The molecular formula is C13H11LiO. The number of benzene rings is 2. The first-order chi connectivity index (χ1) is 6.95. The summed E-state index contributed by atoms with van der Waals surface area (Å²) in [6.07, 6.45) is 0. The van der Waals surface area contributed by atoms with Crippen LogP contribution in [0.25, 0.3) is 0 Å². The van der Waals surface area contributed by atoms with Gasteiger partial charge in [-0.05, 0) is 5.56 Å². The molecule has 0 aliphatic rings. The van der Waals surface area contributed by atoms with Gasteiger partial charge in [0.2, 0.25) is 0 Å². The second-order valence-corrected chi connectivity index (χ2v) is 3.01. The summed E-state index contributed by atoms with van der Waals surface area (Å²) in [6.45, 7) is 0.616. The maximum Gasteiger partial charge on any atom is 1.00 e. The van der Waals surface area contributed by atoms with Gasteiger partial charge in [0.1, 0.15) is 6.61 Å². The molecule has 70 valence electrons. The number of hydrogen-bond acceptors (Lipinski definition) is 1.